The van der Waals surface area contributed by atoms with Crippen molar-refractivity contribution >= 4 is 6.09 Å². The third-order valence-electron chi connectivity index (χ3n) is 5.21. The van der Waals surface area contributed by atoms with Gasteiger partial charge in [0.05, 0.1) is 36.9 Å². The molecule has 138 valence electrons. The van der Waals surface area contributed by atoms with Gasteiger partial charge in [-0.1, -0.05) is 24.3 Å². The second-order valence-corrected chi connectivity index (χ2v) is 8.16. The molecule has 0 spiro atoms. The van der Waals surface area contributed by atoms with Crippen LogP contribution in [0, 0.1) is 5.92 Å². The molecular weight excluding hydrogens is 330 g/mol. The van der Waals surface area contributed by atoms with Crippen molar-refractivity contribution in [1.29, 1.82) is 0 Å². The van der Waals surface area contributed by atoms with Gasteiger partial charge in [0.15, 0.2) is 0 Å². The molecule has 3 heterocycles. The third-order valence-corrected chi connectivity index (χ3v) is 5.21. The maximum Gasteiger partial charge on any atom is 0.410 e. The van der Waals surface area contributed by atoms with Gasteiger partial charge >= 0.3 is 6.09 Å². The van der Waals surface area contributed by atoms with E-state index in [0.29, 0.717) is 13.1 Å². The lowest BCUT2D eigenvalue weighted by Gasteiger charge is -2.39. The predicted molar refractivity (Wildman–Crippen MR) is 97.7 cm³/mol. The normalized spacial score (nSPS) is 24.9. The first kappa shape index (κ1) is 17.1. The molecule has 6 nitrogen and oxygen atoms in total. The van der Waals surface area contributed by atoms with E-state index in [2.05, 4.69) is 21.7 Å². The summed E-state index contributed by atoms with van der Waals surface area (Å²) < 4.78 is 7.60. The zero-order valence-electron chi connectivity index (χ0n) is 15.4. The predicted octanol–water partition coefficient (Wildman–Crippen LogP) is 3.07. The molecule has 2 aliphatic rings. The number of piperidine rings is 1. The van der Waals surface area contributed by atoms with Gasteiger partial charge in [0, 0.05) is 18.0 Å². The Bertz CT molecular complexity index is 824. The Hall–Kier alpha value is -2.34. The minimum absolute atomic E-state index is 0.0327. The van der Waals surface area contributed by atoms with Crippen LogP contribution in [0.5, 0.6) is 0 Å². The Morgan fingerprint density at radius 3 is 2.81 bits per heavy atom. The molecule has 1 amide bonds. The van der Waals surface area contributed by atoms with Crippen molar-refractivity contribution in [3.63, 3.8) is 0 Å². The average Bonchev–Trinajstić information content (AvgIpc) is 3.14. The van der Waals surface area contributed by atoms with Crippen molar-refractivity contribution < 1.29 is 14.6 Å². The molecule has 4 rings (SSSR count). The molecule has 6 heteroatoms. The highest BCUT2D eigenvalue weighted by Gasteiger charge is 2.41. The summed E-state index contributed by atoms with van der Waals surface area (Å²) in [6, 6.07) is 8.35. The summed E-state index contributed by atoms with van der Waals surface area (Å²) in [5.74, 6) is 0.0327. The zero-order valence-corrected chi connectivity index (χ0v) is 15.4. The van der Waals surface area contributed by atoms with Gasteiger partial charge in [0.1, 0.15) is 5.60 Å². The number of likely N-dealkylation sites (tertiary alicyclic amines) is 1. The highest BCUT2D eigenvalue weighted by Crippen LogP contribution is 2.45. The number of carbonyl (C=O) groups is 1. The number of aliphatic hydroxyl groups excluding tert-OH is 1. The number of benzene rings is 1. The molecule has 1 aromatic carbocycles. The Balaban J connectivity index is 1.55. The molecule has 0 saturated carbocycles. The van der Waals surface area contributed by atoms with Crippen LogP contribution in [0.15, 0.2) is 36.8 Å². The van der Waals surface area contributed by atoms with Crippen molar-refractivity contribution in [2.75, 3.05) is 13.1 Å². The first-order valence-corrected chi connectivity index (χ1v) is 9.12. The van der Waals surface area contributed by atoms with Gasteiger partial charge in [-0.3, -0.25) is 0 Å². The lowest BCUT2D eigenvalue weighted by molar-refractivity contribution is -0.0193. The van der Waals surface area contributed by atoms with Gasteiger partial charge in [0.2, 0.25) is 0 Å². The standard InChI is InChI=1S/C20H25N3O3/c1-20(2,3)26-19(25)22-9-8-15(17(24)11-22)18-14-7-5-4-6-13(14)16-10-21-12-23(16)18/h4-7,10,12,15,17-18,24H,8-9,11H2,1-3H3/t15-,17-,18?/m0/s1. The van der Waals surface area contributed by atoms with E-state index < -0.39 is 11.7 Å². The smallest absolute Gasteiger partial charge is 0.410 e. The van der Waals surface area contributed by atoms with E-state index in [9.17, 15) is 9.90 Å². The Kier molecular flexibility index (Phi) is 4.03. The number of nitrogens with zero attached hydrogens (tertiary/aromatic N) is 3. The topological polar surface area (TPSA) is 67.6 Å². The maximum absolute atomic E-state index is 12.3. The molecule has 1 N–H and O–H groups in total. The zero-order chi connectivity index (χ0) is 18.5. The van der Waals surface area contributed by atoms with Crippen molar-refractivity contribution in [1.82, 2.24) is 14.5 Å². The molecule has 2 aliphatic heterocycles. The van der Waals surface area contributed by atoms with E-state index in [1.165, 1.54) is 11.1 Å². The molecular formula is C20H25N3O3. The number of aliphatic hydroxyl groups is 1. The molecule has 1 aromatic heterocycles. The number of rotatable bonds is 1. The second kappa shape index (κ2) is 6.13. The first-order valence-electron chi connectivity index (χ1n) is 9.12. The van der Waals surface area contributed by atoms with Crippen LogP contribution >= 0.6 is 0 Å². The summed E-state index contributed by atoms with van der Waals surface area (Å²) in [5.41, 5.74) is 2.96. The molecule has 1 saturated heterocycles. The van der Waals surface area contributed by atoms with Crippen LogP contribution in [0.4, 0.5) is 4.79 Å². The molecule has 0 aliphatic carbocycles. The maximum atomic E-state index is 12.3. The Labute approximate surface area is 153 Å². The molecule has 3 atom stereocenters. The molecule has 1 fully saturated rings. The van der Waals surface area contributed by atoms with E-state index in [1.54, 1.807) is 4.90 Å². The van der Waals surface area contributed by atoms with Crippen LogP contribution in [0.25, 0.3) is 11.3 Å². The van der Waals surface area contributed by atoms with E-state index in [0.717, 1.165) is 12.1 Å². The number of ether oxygens (including phenoxy) is 1. The lowest BCUT2D eigenvalue weighted by atomic mass is 9.83. The van der Waals surface area contributed by atoms with Crippen LogP contribution in [-0.2, 0) is 4.74 Å². The van der Waals surface area contributed by atoms with E-state index in [-0.39, 0.29) is 18.1 Å². The number of hydrogen-bond donors (Lipinski definition) is 1. The molecule has 26 heavy (non-hydrogen) atoms. The van der Waals surface area contributed by atoms with E-state index in [1.807, 2.05) is 45.4 Å². The number of hydrogen-bond acceptors (Lipinski definition) is 4. The number of imidazole rings is 1. The number of β-amino-alcohol motifs (C(OH)–C–C–N with tert-alkyl or cyclic N) is 1. The van der Waals surface area contributed by atoms with Crippen LogP contribution in [0.3, 0.4) is 0 Å². The minimum Gasteiger partial charge on any atom is -0.444 e. The minimum atomic E-state index is -0.609. The summed E-state index contributed by atoms with van der Waals surface area (Å²) in [4.78, 5) is 18.2. The van der Waals surface area contributed by atoms with Gasteiger partial charge in [-0.25, -0.2) is 9.78 Å². The van der Waals surface area contributed by atoms with Crippen molar-refractivity contribution in [2.45, 2.75) is 44.9 Å². The van der Waals surface area contributed by atoms with Crippen LogP contribution < -0.4 is 0 Å². The molecule has 2 aromatic rings. The van der Waals surface area contributed by atoms with E-state index in [4.69, 9.17) is 4.74 Å². The lowest BCUT2D eigenvalue weighted by Crippen LogP contribution is -2.50. The van der Waals surface area contributed by atoms with Crippen molar-refractivity contribution in [3.05, 3.63) is 42.4 Å². The van der Waals surface area contributed by atoms with Crippen LogP contribution in [-0.4, -0.2) is 50.4 Å². The van der Waals surface area contributed by atoms with Gasteiger partial charge in [0.25, 0.3) is 0 Å². The Morgan fingerprint density at radius 1 is 1.31 bits per heavy atom. The number of fused-ring (bicyclic) bond motifs is 3. The SMILES string of the molecule is CC(C)(C)OC(=O)N1CC[C@H](C2c3ccccc3-c3cncn32)[C@@H](O)C1. The quantitative estimate of drug-likeness (QED) is 0.854. The van der Waals surface area contributed by atoms with Crippen LogP contribution in [0.1, 0.15) is 38.8 Å². The largest absolute Gasteiger partial charge is 0.444 e. The fourth-order valence-electron chi connectivity index (χ4n) is 4.12. The van der Waals surface area contributed by atoms with Gasteiger partial charge in [-0.15, -0.1) is 0 Å². The molecule has 1 unspecified atom stereocenters. The van der Waals surface area contributed by atoms with Crippen LogP contribution in [0.2, 0.25) is 0 Å². The van der Waals surface area contributed by atoms with Gasteiger partial charge in [-0.2, -0.15) is 0 Å². The summed E-state index contributed by atoms with van der Waals surface area (Å²) >= 11 is 0. The molecule has 0 radical (unpaired) electrons. The van der Waals surface area contributed by atoms with E-state index >= 15 is 0 Å². The van der Waals surface area contributed by atoms with Crippen molar-refractivity contribution in [3.8, 4) is 11.3 Å². The van der Waals surface area contributed by atoms with Gasteiger partial charge in [-0.05, 0) is 32.8 Å². The molecule has 0 bridgehead atoms. The fraction of sp³-hybridized carbons (Fsp3) is 0.500. The highest BCUT2D eigenvalue weighted by molar-refractivity contribution is 5.70. The number of aromatic nitrogens is 2. The first-order chi connectivity index (χ1) is 12.3. The number of amides is 1. The van der Waals surface area contributed by atoms with Gasteiger partial charge < -0.3 is 19.3 Å². The summed E-state index contributed by atoms with van der Waals surface area (Å²) in [6.07, 6.45) is 3.47. The summed E-state index contributed by atoms with van der Waals surface area (Å²) in [5, 5.41) is 10.9. The highest BCUT2D eigenvalue weighted by atomic mass is 16.6. The fourth-order valence-corrected chi connectivity index (χ4v) is 4.12. The summed E-state index contributed by atoms with van der Waals surface area (Å²) in [6.45, 7) is 6.43. The monoisotopic (exact) mass is 355 g/mol. The Morgan fingerprint density at radius 2 is 2.08 bits per heavy atom. The number of carbonyl (C=O) groups excluding carboxylic acids is 1. The van der Waals surface area contributed by atoms with Crippen molar-refractivity contribution in [2.24, 2.45) is 5.92 Å². The summed E-state index contributed by atoms with van der Waals surface area (Å²) in [7, 11) is 0. The average molecular weight is 355 g/mol. The third kappa shape index (κ3) is 2.88. The second-order valence-electron chi connectivity index (χ2n) is 8.16.